The van der Waals surface area contributed by atoms with Gasteiger partial charge < -0.3 is 5.32 Å². The first-order valence-electron chi connectivity index (χ1n) is 7.84. The normalized spacial score (nSPS) is 11.5. The van der Waals surface area contributed by atoms with Crippen LogP contribution in [-0.4, -0.2) is 20.4 Å². The van der Waals surface area contributed by atoms with E-state index >= 15 is 0 Å². The van der Waals surface area contributed by atoms with E-state index in [0.717, 1.165) is 17.7 Å². The van der Waals surface area contributed by atoms with Crippen LogP contribution in [0.25, 0.3) is 0 Å². The topological polar surface area (TPSA) is 75.3 Å². The molecule has 0 saturated heterocycles. The van der Waals surface area contributed by atoms with Gasteiger partial charge in [0.2, 0.25) is 10.0 Å². The van der Waals surface area contributed by atoms with Gasteiger partial charge in [-0.1, -0.05) is 19.1 Å². The molecular weight excluding hydrogens is 324 g/mol. The van der Waals surface area contributed by atoms with Gasteiger partial charge in [0.05, 0.1) is 4.90 Å². The van der Waals surface area contributed by atoms with Gasteiger partial charge in [0.1, 0.15) is 0 Å². The molecule has 0 unspecified atom stereocenters. The Balaban J connectivity index is 2.14. The lowest BCUT2D eigenvalue weighted by Gasteiger charge is -2.10. The molecule has 2 N–H and O–H groups in total. The fourth-order valence-electron chi connectivity index (χ4n) is 2.24. The highest BCUT2D eigenvalue weighted by Crippen LogP contribution is 2.15. The van der Waals surface area contributed by atoms with Crippen molar-refractivity contribution in [3.8, 4) is 0 Å². The molecule has 1 amide bonds. The van der Waals surface area contributed by atoms with E-state index in [1.807, 2.05) is 31.2 Å². The average Bonchev–Trinajstić information content (AvgIpc) is 2.54. The number of carbonyl (C=O) groups excluding carboxylic acids is 1. The fourth-order valence-corrected chi connectivity index (χ4v) is 3.49. The van der Waals surface area contributed by atoms with Crippen molar-refractivity contribution in [2.24, 2.45) is 0 Å². The Morgan fingerprint density at radius 3 is 2.33 bits per heavy atom. The second-order valence-corrected chi connectivity index (χ2v) is 7.52. The van der Waals surface area contributed by atoms with Crippen molar-refractivity contribution in [1.29, 1.82) is 0 Å². The van der Waals surface area contributed by atoms with Crippen LogP contribution in [0, 0.1) is 0 Å². The first-order valence-corrected chi connectivity index (χ1v) is 9.33. The van der Waals surface area contributed by atoms with Crippen LogP contribution in [0.5, 0.6) is 0 Å². The van der Waals surface area contributed by atoms with E-state index in [2.05, 4.69) is 10.0 Å². The van der Waals surface area contributed by atoms with Crippen molar-refractivity contribution < 1.29 is 13.2 Å². The Kier molecular flexibility index (Phi) is 5.75. The predicted molar refractivity (Wildman–Crippen MR) is 95.7 cm³/mol. The van der Waals surface area contributed by atoms with Crippen LogP contribution < -0.4 is 10.0 Å². The number of nitrogens with one attached hydrogen (secondary N) is 2. The fraction of sp³-hybridized carbons (Fsp3) is 0.278. The zero-order valence-electron chi connectivity index (χ0n) is 14.0. The summed E-state index contributed by atoms with van der Waals surface area (Å²) >= 11 is 0. The molecule has 24 heavy (non-hydrogen) atoms. The van der Waals surface area contributed by atoms with Crippen LogP contribution in [-0.2, 0) is 16.4 Å². The molecule has 5 nitrogen and oxygen atoms in total. The third-order valence-electron chi connectivity index (χ3n) is 3.41. The number of sulfonamides is 1. The smallest absolute Gasteiger partial charge is 0.255 e. The summed E-state index contributed by atoms with van der Waals surface area (Å²) in [5, 5.41) is 2.82. The Hall–Kier alpha value is -2.18. The molecule has 0 aliphatic carbocycles. The summed E-state index contributed by atoms with van der Waals surface area (Å²) in [5.74, 6) is -0.274. The van der Waals surface area contributed by atoms with E-state index in [-0.39, 0.29) is 16.8 Å². The summed E-state index contributed by atoms with van der Waals surface area (Å²) in [6.45, 7) is 5.55. The van der Waals surface area contributed by atoms with Gasteiger partial charge in [0.25, 0.3) is 5.91 Å². The summed E-state index contributed by atoms with van der Waals surface area (Å²) in [6.07, 6.45) is 0.888. The summed E-state index contributed by atoms with van der Waals surface area (Å²) in [5.41, 5.74) is 2.26. The van der Waals surface area contributed by atoms with Gasteiger partial charge in [-0.25, -0.2) is 13.1 Å². The van der Waals surface area contributed by atoms with Crippen molar-refractivity contribution >= 4 is 21.6 Å². The summed E-state index contributed by atoms with van der Waals surface area (Å²) < 4.78 is 26.7. The van der Waals surface area contributed by atoms with Crippen LogP contribution in [0.4, 0.5) is 5.69 Å². The van der Waals surface area contributed by atoms with Crippen LogP contribution in [0.2, 0.25) is 0 Å². The second-order valence-electron chi connectivity index (χ2n) is 5.81. The van der Waals surface area contributed by atoms with Gasteiger partial charge in [0, 0.05) is 17.3 Å². The molecule has 0 atom stereocenters. The van der Waals surface area contributed by atoms with Crippen LogP contribution in [0.3, 0.4) is 0 Å². The largest absolute Gasteiger partial charge is 0.322 e. The van der Waals surface area contributed by atoms with E-state index in [0.29, 0.717) is 5.56 Å². The third-order valence-corrected chi connectivity index (χ3v) is 5.09. The van der Waals surface area contributed by atoms with E-state index in [1.54, 1.807) is 13.8 Å². The summed E-state index contributed by atoms with van der Waals surface area (Å²) in [6, 6.07) is 13.3. The Labute approximate surface area is 143 Å². The number of benzene rings is 2. The van der Waals surface area contributed by atoms with Crippen LogP contribution in [0.1, 0.15) is 36.7 Å². The predicted octanol–water partition coefficient (Wildman–Crippen LogP) is 3.19. The number of anilines is 1. The minimum absolute atomic E-state index is 0.140. The zero-order chi connectivity index (χ0) is 17.7. The van der Waals surface area contributed by atoms with Gasteiger partial charge in [-0.2, -0.15) is 0 Å². The molecule has 0 aromatic heterocycles. The van der Waals surface area contributed by atoms with Crippen molar-refractivity contribution in [3.63, 3.8) is 0 Å². The van der Waals surface area contributed by atoms with Gasteiger partial charge in [0.15, 0.2) is 0 Å². The minimum Gasteiger partial charge on any atom is -0.322 e. The minimum atomic E-state index is -3.55. The lowest BCUT2D eigenvalue weighted by molar-refractivity contribution is 0.102. The van der Waals surface area contributed by atoms with Crippen molar-refractivity contribution in [2.45, 2.75) is 38.1 Å². The molecule has 0 saturated carbocycles. The molecule has 2 aromatic carbocycles. The standard InChI is InChI=1S/C18H22N2O3S/c1-4-14-6-5-7-16(12-14)19-18(21)15-8-10-17(11-9-15)24(22,23)20-13(2)3/h5-13,20H,4H2,1-3H3,(H,19,21). The van der Waals surface area contributed by atoms with Gasteiger partial charge in [-0.05, 0) is 62.2 Å². The maximum atomic E-state index is 12.3. The first-order chi connectivity index (χ1) is 11.3. The zero-order valence-corrected chi connectivity index (χ0v) is 14.9. The Bertz CT molecular complexity index is 812. The number of amides is 1. The summed E-state index contributed by atoms with van der Waals surface area (Å²) in [7, 11) is -3.55. The quantitative estimate of drug-likeness (QED) is 0.843. The molecule has 2 rings (SSSR count). The molecule has 0 heterocycles. The van der Waals surface area contributed by atoms with Crippen LogP contribution in [0.15, 0.2) is 53.4 Å². The molecule has 0 fully saturated rings. The maximum Gasteiger partial charge on any atom is 0.255 e. The Morgan fingerprint density at radius 1 is 1.08 bits per heavy atom. The van der Waals surface area contributed by atoms with Gasteiger partial charge >= 0.3 is 0 Å². The molecule has 0 aliphatic rings. The average molecular weight is 346 g/mol. The molecule has 128 valence electrons. The van der Waals surface area contributed by atoms with Gasteiger partial charge in [-0.15, -0.1) is 0 Å². The highest BCUT2D eigenvalue weighted by Gasteiger charge is 2.16. The number of hydrogen-bond donors (Lipinski definition) is 2. The molecule has 0 bridgehead atoms. The highest BCUT2D eigenvalue weighted by molar-refractivity contribution is 7.89. The molecular formula is C18H22N2O3S. The molecule has 6 heteroatoms. The third kappa shape index (κ3) is 4.66. The molecule has 0 aliphatic heterocycles. The number of carbonyl (C=O) groups is 1. The van der Waals surface area contributed by atoms with E-state index < -0.39 is 10.0 Å². The number of hydrogen-bond acceptors (Lipinski definition) is 3. The SMILES string of the molecule is CCc1cccc(NC(=O)c2ccc(S(=O)(=O)NC(C)C)cc2)c1. The van der Waals surface area contributed by atoms with Gasteiger partial charge in [-0.3, -0.25) is 4.79 Å². The summed E-state index contributed by atoms with van der Waals surface area (Å²) in [4.78, 5) is 12.4. The number of rotatable bonds is 6. The maximum absolute atomic E-state index is 12.3. The van der Waals surface area contributed by atoms with Crippen molar-refractivity contribution in [2.75, 3.05) is 5.32 Å². The van der Waals surface area contributed by atoms with Crippen molar-refractivity contribution in [3.05, 3.63) is 59.7 Å². The first kappa shape index (κ1) is 18.2. The van der Waals surface area contributed by atoms with E-state index in [9.17, 15) is 13.2 Å². The van der Waals surface area contributed by atoms with Crippen molar-refractivity contribution in [1.82, 2.24) is 4.72 Å². The lowest BCUT2D eigenvalue weighted by Crippen LogP contribution is -2.30. The lowest BCUT2D eigenvalue weighted by atomic mass is 10.1. The number of aryl methyl sites for hydroxylation is 1. The molecule has 0 spiro atoms. The highest BCUT2D eigenvalue weighted by atomic mass is 32.2. The molecule has 0 radical (unpaired) electrons. The Morgan fingerprint density at radius 2 is 1.75 bits per heavy atom. The monoisotopic (exact) mass is 346 g/mol. The van der Waals surface area contributed by atoms with E-state index in [4.69, 9.17) is 0 Å². The van der Waals surface area contributed by atoms with E-state index in [1.165, 1.54) is 24.3 Å². The van der Waals surface area contributed by atoms with Crippen LogP contribution >= 0.6 is 0 Å². The second kappa shape index (κ2) is 7.59. The molecule has 2 aromatic rings.